The summed E-state index contributed by atoms with van der Waals surface area (Å²) in [5.41, 5.74) is 11.5. The van der Waals surface area contributed by atoms with Crippen molar-refractivity contribution in [1.29, 1.82) is 0 Å². The normalized spacial score (nSPS) is 12.7. The lowest BCUT2D eigenvalue weighted by Crippen LogP contribution is -2.15. The number of carbonyl (C=O) groups is 1. The third-order valence-corrected chi connectivity index (χ3v) is 6.29. The summed E-state index contributed by atoms with van der Waals surface area (Å²) in [6, 6.07) is 13.1. The van der Waals surface area contributed by atoms with Crippen molar-refractivity contribution < 1.29 is 19.4 Å². The molecule has 0 atom stereocenters. The minimum atomic E-state index is -0.419. The van der Waals surface area contributed by atoms with Crippen molar-refractivity contribution in [2.75, 3.05) is 13.2 Å². The number of unbranched alkanes of at least 4 members (excludes halogenated alkanes) is 2. The predicted molar refractivity (Wildman–Crippen MR) is 129 cm³/mol. The average molecular weight is 449 g/mol. The lowest BCUT2D eigenvalue weighted by atomic mass is 9.97. The van der Waals surface area contributed by atoms with Gasteiger partial charge >= 0.3 is 0 Å². The summed E-state index contributed by atoms with van der Waals surface area (Å²) in [4.78, 5) is 12.6. The molecule has 174 valence electrons. The smallest absolute Gasteiger partial charge is 0.251 e. The third kappa shape index (κ3) is 4.85. The van der Waals surface area contributed by atoms with Gasteiger partial charge in [0.2, 0.25) is 0 Å². The van der Waals surface area contributed by atoms with Crippen molar-refractivity contribution in [2.45, 2.75) is 52.5 Å². The fourth-order valence-corrected chi connectivity index (χ4v) is 4.62. The minimum Gasteiger partial charge on any atom is -0.508 e. The Balaban J connectivity index is 1.78. The highest BCUT2D eigenvalue weighted by Crippen LogP contribution is 2.39. The van der Waals surface area contributed by atoms with Gasteiger partial charge in [0.1, 0.15) is 19.0 Å². The van der Waals surface area contributed by atoms with Crippen molar-refractivity contribution in [2.24, 2.45) is 5.73 Å². The van der Waals surface area contributed by atoms with Gasteiger partial charge in [-0.05, 0) is 61.6 Å². The first-order valence-electron chi connectivity index (χ1n) is 11.7. The molecule has 3 N–H and O–H groups in total. The first-order valence-corrected chi connectivity index (χ1v) is 11.7. The Bertz CT molecular complexity index is 1130. The number of fused-ring (bicyclic) bond motifs is 1. The molecule has 0 bridgehead atoms. The van der Waals surface area contributed by atoms with E-state index in [0.29, 0.717) is 24.5 Å². The molecule has 1 aliphatic rings. The van der Waals surface area contributed by atoms with Crippen LogP contribution in [0.5, 0.6) is 17.2 Å². The number of hydrogen-bond donors (Lipinski definition) is 2. The Hall–Kier alpha value is -3.41. The highest BCUT2D eigenvalue weighted by atomic mass is 16.6. The fourth-order valence-electron chi connectivity index (χ4n) is 4.62. The zero-order valence-electron chi connectivity index (χ0n) is 19.4. The van der Waals surface area contributed by atoms with E-state index in [0.717, 1.165) is 72.5 Å². The summed E-state index contributed by atoms with van der Waals surface area (Å²) in [6.45, 7) is 5.93. The molecule has 0 aliphatic carbocycles. The Morgan fingerprint density at radius 1 is 1.03 bits per heavy atom. The molecule has 2 heterocycles. The number of amides is 1. The summed E-state index contributed by atoms with van der Waals surface area (Å²) in [5.74, 6) is 1.26. The molecule has 0 saturated heterocycles. The van der Waals surface area contributed by atoms with E-state index in [2.05, 4.69) is 11.5 Å². The molecular weight excluding hydrogens is 416 g/mol. The second-order valence-electron chi connectivity index (χ2n) is 8.53. The molecule has 0 spiro atoms. The van der Waals surface area contributed by atoms with Crippen LogP contribution in [0.4, 0.5) is 0 Å². The van der Waals surface area contributed by atoms with Crippen LogP contribution < -0.4 is 15.2 Å². The van der Waals surface area contributed by atoms with Gasteiger partial charge in [-0.2, -0.15) is 0 Å². The summed E-state index contributed by atoms with van der Waals surface area (Å²) >= 11 is 0. The number of phenolic OH excluding ortho intramolecular Hbond substituents is 1. The van der Waals surface area contributed by atoms with Gasteiger partial charge in [0.15, 0.2) is 11.5 Å². The molecule has 0 unspecified atom stereocenters. The van der Waals surface area contributed by atoms with Crippen LogP contribution in [0, 0.1) is 6.92 Å². The largest absolute Gasteiger partial charge is 0.508 e. The Morgan fingerprint density at radius 3 is 2.45 bits per heavy atom. The standard InChI is InChI=1S/C27H32N2O4/c1-3-4-5-6-22-26(20-9-12-23-24(17-20)33-16-15-32-23)25(27(28)31)18(2)29(22)14-13-19-7-10-21(30)11-8-19/h7-12,17,30H,3-6,13-16H2,1-2H3,(H2,28,31). The van der Waals surface area contributed by atoms with Gasteiger partial charge < -0.3 is 24.9 Å². The quantitative estimate of drug-likeness (QED) is 0.450. The first-order chi connectivity index (χ1) is 16.0. The number of ether oxygens (including phenoxy) is 2. The van der Waals surface area contributed by atoms with Gasteiger partial charge in [-0.1, -0.05) is 38.0 Å². The van der Waals surface area contributed by atoms with Crippen LogP contribution in [-0.2, 0) is 19.4 Å². The van der Waals surface area contributed by atoms with E-state index in [1.807, 2.05) is 37.3 Å². The number of aryl methyl sites for hydroxylation is 1. The lowest BCUT2D eigenvalue weighted by Gasteiger charge is -2.19. The second kappa shape index (κ2) is 10.0. The second-order valence-corrected chi connectivity index (χ2v) is 8.53. The van der Waals surface area contributed by atoms with Crippen molar-refractivity contribution in [3.63, 3.8) is 0 Å². The van der Waals surface area contributed by atoms with E-state index < -0.39 is 5.91 Å². The molecule has 1 amide bonds. The van der Waals surface area contributed by atoms with Gasteiger partial charge in [0.25, 0.3) is 5.91 Å². The molecule has 0 saturated carbocycles. The SMILES string of the molecule is CCCCCc1c(-c2ccc3c(c2)OCCO3)c(C(N)=O)c(C)n1CCc1ccc(O)cc1. The molecule has 0 radical (unpaired) electrons. The molecule has 33 heavy (non-hydrogen) atoms. The van der Waals surface area contributed by atoms with E-state index in [1.54, 1.807) is 12.1 Å². The summed E-state index contributed by atoms with van der Waals surface area (Å²) in [5, 5.41) is 9.59. The van der Waals surface area contributed by atoms with Crippen LogP contribution in [0.3, 0.4) is 0 Å². The van der Waals surface area contributed by atoms with Crippen molar-refractivity contribution in [3.8, 4) is 28.4 Å². The number of carbonyl (C=O) groups excluding carboxylic acids is 1. The molecule has 2 aromatic carbocycles. The number of rotatable bonds is 9. The van der Waals surface area contributed by atoms with Gasteiger partial charge in [-0.15, -0.1) is 0 Å². The topological polar surface area (TPSA) is 86.7 Å². The maximum Gasteiger partial charge on any atom is 0.251 e. The van der Waals surface area contributed by atoms with E-state index in [9.17, 15) is 9.90 Å². The van der Waals surface area contributed by atoms with Gasteiger partial charge in [0, 0.05) is 23.5 Å². The maximum absolute atomic E-state index is 12.6. The summed E-state index contributed by atoms with van der Waals surface area (Å²) in [7, 11) is 0. The van der Waals surface area contributed by atoms with Crippen LogP contribution in [0.1, 0.15) is 53.5 Å². The number of aromatic nitrogens is 1. The fraction of sp³-hybridized carbons (Fsp3) is 0.370. The van der Waals surface area contributed by atoms with Crippen molar-refractivity contribution in [3.05, 3.63) is 65.0 Å². The summed E-state index contributed by atoms with van der Waals surface area (Å²) in [6.07, 6.45) is 4.93. The Morgan fingerprint density at radius 2 is 1.76 bits per heavy atom. The minimum absolute atomic E-state index is 0.257. The number of phenols is 1. The lowest BCUT2D eigenvalue weighted by molar-refractivity contribution is 0.1000. The Labute approximate surface area is 194 Å². The van der Waals surface area contributed by atoms with Crippen molar-refractivity contribution in [1.82, 2.24) is 4.57 Å². The highest BCUT2D eigenvalue weighted by molar-refractivity contribution is 6.02. The highest BCUT2D eigenvalue weighted by Gasteiger charge is 2.25. The van der Waals surface area contributed by atoms with Crippen LogP contribution in [0.25, 0.3) is 11.1 Å². The number of hydrogen-bond acceptors (Lipinski definition) is 4. The third-order valence-electron chi connectivity index (χ3n) is 6.29. The van der Waals surface area contributed by atoms with Crippen LogP contribution >= 0.6 is 0 Å². The monoisotopic (exact) mass is 448 g/mol. The number of aromatic hydroxyl groups is 1. The molecular formula is C27H32N2O4. The van der Waals surface area contributed by atoms with E-state index in [-0.39, 0.29) is 5.75 Å². The van der Waals surface area contributed by atoms with Crippen LogP contribution in [0.2, 0.25) is 0 Å². The predicted octanol–water partition coefficient (Wildman–Crippen LogP) is 5.01. The zero-order valence-corrected chi connectivity index (χ0v) is 19.4. The number of nitrogens with zero attached hydrogens (tertiary/aromatic N) is 1. The molecule has 1 aliphatic heterocycles. The molecule has 6 heteroatoms. The van der Waals surface area contributed by atoms with Crippen molar-refractivity contribution >= 4 is 5.91 Å². The van der Waals surface area contributed by atoms with Gasteiger partial charge in [-0.25, -0.2) is 0 Å². The van der Waals surface area contributed by atoms with E-state index >= 15 is 0 Å². The molecule has 6 nitrogen and oxygen atoms in total. The zero-order chi connectivity index (χ0) is 23.4. The number of primary amides is 1. The first kappa shape index (κ1) is 22.8. The molecule has 0 fully saturated rings. The van der Waals surface area contributed by atoms with E-state index in [4.69, 9.17) is 15.2 Å². The maximum atomic E-state index is 12.6. The Kier molecular flexibility index (Phi) is 6.92. The van der Waals surface area contributed by atoms with Crippen LogP contribution in [-0.4, -0.2) is 28.8 Å². The number of nitrogens with two attached hydrogens (primary N) is 1. The van der Waals surface area contributed by atoms with Gasteiger partial charge in [-0.3, -0.25) is 4.79 Å². The molecule has 3 aromatic rings. The molecule has 4 rings (SSSR count). The van der Waals surface area contributed by atoms with Crippen LogP contribution in [0.15, 0.2) is 42.5 Å². The molecule has 1 aromatic heterocycles. The van der Waals surface area contributed by atoms with Gasteiger partial charge in [0.05, 0.1) is 5.56 Å². The average Bonchev–Trinajstić information content (AvgIpc) is 3.10. The number of benzene rings is 2. The summed E-state index contributed by atoms with van der Waals surface area (Å²) < 4.78 is 13.7. The van der Waals surface area contributed by atoms with E-state index in [1.165, 1.54) is 0 Å².